The lowest BCUT2D eigenvalue weighted by Crippen LogP contribution is -2.26. The van der Waals surface area contributed by atoms with E-state index < -0.39 is 11.6 Å². The molecule has 0 aliphatic heterocycles. The number of rotatable bonds is 4. The van der Waals surface area contributed by atoms with Crippen LogP contribution in [0.5, 0.6) is 0 Å². The number of fused-ring (bicyclic) bond motifs is 1. The zero-order valence-corrected chi connectivity index (χ0v) is 14.1. The van der Waals surface area contributed by atoms with Crippen LogP contribution in [0.25, 0.3) is 4.91 Å². The normalized spacial score (nSPS) is 20.1. The summed E-state index contributed by atoms with van der Waals surface area (Å²) in [5, 5.41) is 0. The number of benzene rings is 2. The van der Waals surface area contributed by atoms with Gasteiger partial charge >= 0.3 is 0 Å². The molecule has 1 aliphatic carbocycles. The van der Waals surface area contributed by atoms with Crippen LogP contribution >= 0.6 is 11.8 Å². The Morgan fingerprint density at radius 3 is 2.78 bits per heavy atom. The minimum atomic E-state index is -0.433. The first-order valence-electron chi connectivity index (χ1n) is 7.97. The minimum absolute atomic E-state index is 0.106. The molecule has 0 saturated carbocycles. The van der Waals surface area contributed by atoms with Gasteiger partial charge in [0.25, 0.3) is 0 Å². The van der Waals surface area contributed by atoms with E-state index in [0.29, 0.717) is 4.91 Å². The molecule has 0 N–H and O–H groups in total. The van der Waals surface area contributed by atoms with Gasteiger partial charge in [-0.3, -0.25) is 0 Å². The van der Waals surface area contributed by atoms with Crippen LogP contribution in [0.15, 0.2) is 49.0 Å². The van der Waals surface area contributed by atoms with E-state index in [4.69, 9.17) is 0 Å². The summed E-state index contributed by atoms with van der Waals surface area (Å²) in [5.74, 6) is -0.850. The molecule has 1 atom stereocenters. The third kappa shape index (κ3) is 3.07. The van der Waals surface area contributed by atoms with Gasteiger partial charge in [0.05, 0.1) is 0 Å². The zero-order valence-electron chi connectivity index (χ0n) is 13.2. The summed E-state index contributed by atoms with van der Waals surface area (Å²) in [6.07, 6.45) is 4.15. The van der Waals surface area contributed by atoms with Crippen LogP contribution < -0.4 is 0 Å². The van der Waals surface area contributed by atoms with Gasteiger partial charge in [-0.05, 0) is 55.0 Å². The van der Waals surface area contributed by atoms with Crippen LogP contribution in [0, 0.1) is 11.6 Å². The molecular weight excluding hydrogens is 310 g/mol. The van der Waals surface area contributed by atoms with Crippen molar-refractivity contribution < 1.29 is 8.78 Å². The summed E-state index contributed by atoms with van der Waals surface area (Å²) in [5.41, 5.74) is 2.95. The highest BCUT2D eigenvalue weighted by molar-refractivity contribution is 8.09. The van der Waals surface area contributed by atoms with Gasteiger partial charge in [0, 0.05) is 15.2 Å². The van der Waals surface area contributed by atoms with Gasteiger partial charge in [-0.2, -0.15) is 0 Å². The molecule has 3 heteroatoms. The lowest BCUT2D eigenvalue weighted by Gasteiger charge is -2.38. The van der Waals surface area contributed by atoms with Crippen LogP contribution in [0.1, 0.15) is 42.9 Å². The highest BCUT2D eigenvalue weighted by atomic mass is 32.2. The second-order valence-corrected chi connectivity index (χ2v) is 7.49. The van der Waals surface area contributed by atoms with E-state index >= 15 is 0 Å². The van der Waals surface area contributed by atoms with E-state index in [0.717, 1.165) is 31.7 Å². The third-order valence-electron chi connectivity index (χ3n) is 4.65. The summed E-state index contributed by atoms with van der Waals surface area (Å²) >= 11 is 1.59. The van der Waals surface area contributed by atoms with Crippen LogP contribution in [-0.2, 0) is 11.2 Å². The van der Waals surface area contributed by atoms with E-state index in [-0.39, 0.29) is 10.3 Å². The second kappa shape index (κ2) is 6.48. The second-order valence-electron chi connectivity index (χ2n) is 6.01. The van der Waals surface area contributed by atoms with Crippen molar-refractivity contribution in [3.05, 3.63) is 77.4 Å². The molecule has 3 rings (SSSR count). The van der Waals surface area contributed by atoms with Crippen molar-refractivity contribution in [1.82, 2.24) is 0 Å². The fourth-order valence-corrected chi connectivity index (χ4v) is 4.87. The molecule has 2 aromatic carbocycles. The van der Waals surface area contributed by atoms with E-state index in [1.807, 2.05) is 0 Å². The molecule has 1 aliphatic rings. The fraction of sp³-hybridized carbons (Fsp3) is 0.300. The standard InChI is InChI=1S/C20H20F2S/c1-3-20(12-6-8-15-7-4-5-9-18(15)20)23-14(2)17-13-16(21)10-11-19(17)22/h4-5,7,9-11,13H,2-3,6,8,12H2,1H3. The lowest BCUT2D eigenvalue weighted by molar-refractivity contribution is 0.495. The summed E-state index contributed by atoms with van der Waals surface area (Å²) < 4.78 is 27.4. The maximum absolute atomic E-state index is 14.1. The van der Waals surface area contributed by atoms with Crippen molar-refractivity contribution >= 4 is 16.7 Å². The molecule has 1 unspecified atom stereocenters. The molecule has 0 radical (unpaired) electrons. The van der Waals surface area contributed by atoms with Gasteiger partial charge in [-0.15, -0.1) is 11.8 Å². The smallest absolute Gasteiger partial charge is 0.131 e. The van der Waals surface area contributed by atoms with Crippen molar-refractivity contribution in [2.45, 2.75) is 37.4 Å². The number of thioether (sulfide) groups is 1. The fourth-order valence-electron chi connectivity index (χ4n) is 3.43. The van der Waals surface area contributed by atoms with Crippen molar-refractivity contribution in [3.8, 4) is 0 Å². The highest BCUT2D eigenvalue weighted by Crippen LogP contribution is 2.53. The molecule has 0 fully saturated rings. The van der Waals surface area contributed by atoms with Gasteiger partial charge in [-0.25, -0.2) is 8.78 Å². The van der Waals surface area contributed by atoms with Crippen LogP contribution in [0.2, 0.25) is 0 Å². The average Bonchev–Trinajstić information content (AvgIpc) is 2.57. The number of aryl methyl sites for hydroxylation is 1. The predicted molar refractivity (Wildman–Crippen MR) is 94.3 cm³/mol. The van der Waals surface area contributed by atoms with E-state index in [9.17, 15) is 8.78 Å². The Hall–Kier alpha value is -1.61. The largest absolute Gasteiger partial charge is 0.207 e. The Morgan fingerprint density at radius 1 is 1.22 bits per heavy atom. The van der Waals surface area contributed by atoms with Gasteiger partial charge in [0.1, 0.15) is 11.6 Å². The Balaban J connectivity index is 1.97. The average molecular weight is 330 g/mol. The molecule has 0 nitrogen and oxygen atoms in total. The SMILES string of the molecule is C=C(SC1(CC)CCCc2ccccc21)c1cc(F)ccc1F. The maximum atomic E-state index is 14.1. The van der Waals surface area contributed by atoms with Crippen LogP contribution in [-0.4, -0.2) is 0 Å². The quantitative estimate of drug-likeness (QED) is 0.633. The van der Waals surface area contributed by atoms with E-state index in [1.165, 1.54) is 23.3 Å². The summed E-state index contributed by atoms with van der Waals surface area (Å²) in [4.78, 5) is 0.598. The van der Waals surface area contributed by atoms with E-state index in [1.54, 1.807) is 11.8 Å². The maximum Gasteiger partial charge on any atom is 0.131 e. The molecule has 0 heterocycles. The van der Waals surface area contributed by atoms with E-state index in [2.05, 4.69) is 37.8 Å². The van der Waals surface area contributed by atoms with Crippen LogP contribution in [0.3, 0.4) is 0 Å². The summed E-state index contributed by atoms with van der Waals surface area (Å²) in [6, 6.07) is 12.0. The van der Waals surface area contributed by atoms with Crippen molar-refractivity contribution in [1.29, 1.82) is 0 Å². The monoisotopic (exact) mass is 330 g/mol. The van der Waals surface area contributed by atoms with Gasteiger partial charge in [0.15, 0.2) is 0 Å². The molecule has 0 amide bonds. The van der Waals surface area contributed by atoms with Crippen molar-refractivity contribution in [2.24, 2.45) is 0 Å². The van der Waals surface area contributed by atoms with Gasteiger partial charge in [0.2, 0.25) is 0 Å². The molecule has 2 aromatic rings. The summed E-state index contributed by atoms with van der Waals surface area (Å²) in [7, 11) is 0. The Labute approximate surface area is 140 Å². The molecular formula is C20H20F2S. The minimum Gasteiger partial charge on any atom is -0.207 e. The van der Waals surface area contributed by atoms with Crippen LogP contribution in [0.4, 0.5) is 8.78 Å². The summed E-state index contributed by atoms with van der Waals surface area (Å²) in [6.45, 7) is 6.20. The first kappa shape index (κ1) is 16.3. The van der Waals surface area contributed by atoms with Gasteiger partial charge < -0.3 is 0 Å². The Bertz CT molecular complexity index is 738. The molecule has 0 spiro atoms. The molecule has 0 saturated heterocycles. The molecule has 120 valence electrons. The highest BCUT2D eigenvalue weighted by Gasteiger charge is 2.36. The Kier molecular flexibility index (Phi) is 4.58. The first-order valence-corrected chi connectivity index (χ1v) is 8.79. The molecule has 23 heavy (non-hydrogen) atoms. The zero-order chi connectivity index (χ0) is 16.4. The molecule has 0 aromatic heterocycles. The number of hydrogen-bond donors (Lipinski definition) is 0. The number of halogens is 2. The lowest BCUT2D eigenvalue weighted by atomic mass is 9.80. The van der Waals surface area contributed by atoms with Gasteiger partial charge in [-0.1, -0.05) is 37.8 Å². The number of hydrogen-bond acceptors (Lipinski definition) is 1. The third-order valence-corrected chi connectivity index (χ3v) is 6.22. The Morgan fingerprint density at radius 2 is 2.00 bits per heavy atom. The first-order chi connectivity index (χ1) is 11.1. The predicted octanol–water partition coefficient (Wildman–Crippen LogP) is 6.31. The molecule has 0 bridgehead atoms. The van der Waals surface area contributed by atoms with Crippen molar-refractivity contribution in [2.75, 3.05) is 0 Å². The topological polar surface area (TPSA) is 0 Å². The van der Waals surface area contributed by atoms with Crippen molar-refractivity contribution in [3.63, 3.8) is 0 Å².